The van der Waals surface area contributed by atoms with E-state index in [1.54, 1.807) is 19.5 Å². The fourth-order valence-corrected chi connectivity index (χ4v) is 1.82. The van der Waals surface area contributed by atoms with Crippen molar-refractivity contribution in [1.82, 2.24) is 14.4 Å². The van der Waals surface area contributed by atoms with Gasteiger partial charge < -0.3 is 4.74 Å². The van der Waals surface area contributed by atoms with Crippen LogP contribution in [-0.2, 0) is 0 Å². The lowest BCUT2D eigenvalue weighted by molar-refractivity contribution is 0.415. The Kier molecular flexibility index (Phi) is 2.26. The minimum atomic E-state index is 0.846. The molecule has 0 spiro atoms. The minimum absolute atomic E-state index is 0.846. The fourth-order valence-electron chi connectivity index (χ4n) is 1.82. The molecule has 3 rings (SSSR count). The highest BCUT2D eigenvalue weighted by molar-refractivity contribution is 5.63. The van der Waals surface area contributed by atoms with E-state index in [0.717, 1.165) is 22.7 Å². The topological polar surface area (TPSA) is 39.4 Å². The molecule has 0 aliphatic rings. The highest BCUT2D eigenvalue weighted by Gasteiger charge is 2.05. The molecule has 0 saturated heterocycles. The van der Waals surface area contributed by atoms with Crippen LogP contribution >= 0.6 is 0 Å². The summed E-state index contributed by atoms with van der Waals surface area (Å²) in [6.45, 7) is 0. The number of aromatic nitrogens is 3. The van der Waals surface area contributed by atoms with E-state index in [2.05, 4.69) is 9.97 Å². The summed E-state index contributed by atoms with van der Waals surface area (Å²) in [5.41, 5.74) is 2.99. The van der Waals surface area contributed by atoms with Gasteiger partial charge in [-0.05, 0) is 24.3 Å². The molecule has 2 heterocycles. The maximum atomic E-state index is 5.14. The van der Waals surface area contributed by atoms with Crippen molar-refractivity contribution in [1.29, 1.82) is 0 Å². The Bertz CT molecular complexity index is 643. The molecule has 0 aliphatic heterocycles. The zero-order chi connectivity index (χ0) is 11.7. The van der Waals surface area contributed by atoms with Gasteiger partial charge in [0, 0.05) is 18.0 Å². The lowest BCUT2D eigenvalue weighted by atomic mass is 10.1. The number of fused-ring (bicyclic) bond motifs is 1. The average molecular weight is 225 g/mol. The van der Waals surface area contributed by atoms with Crippen LogP contribution in [0.1, 0.15) is 0 Å². The Morgan fingerprint density at radius 1 is 1.12 bits per heavy atom. The number of rotatable bonds is 2. The SMILES string of the molecule is COc1ccc(-c2cnc3cnccn23)cc1. The molecule has 4 heteroatoms. The Hall–Kier alpha value is -2.36. The zero-order valence-electron chi connectivity index (χ0n) is 9.37. The van der Waals surface area contributed by atoms with Crippen molar-refractivity contribution in [3.05, 3.63) is 49.1 Å². The first-order valence-electron chi connectivity index (χ1n) is 5.30. The highest BCUT2D eigenvalue weighted by atomic mass is 16.5. The summed E-state index contributed by atoms with van der Waals surface area (Å²) in [4.78, 5) is 8.35. The Labute approximate surface area is 98.5 Å². The van der Waals surface area contributed by atoms with Crippen molar-refractivity contribution in [3.8, 4) is 17.0 Å². The highest BCUT2D eigenvalue weighted by Crippen LogP contribution is 2.22. The molecule has 3 aromatic rings. The monoisotopic (exact) mass is 225 g/mol. The van der Waals surface area contributed by atoms with Crippen LogP contribution in [0.4, 0.5) is 0 Å². The van der Waals surface area contributed by atoms with Gasteiger partial charge in [-0.2, -0.15) is 0 Å². The lowest BCUT2D eigenvalue weighted by Gasteiger charge is -2.03. The van der Waals surface area contributed by atoms with Gasteiger partial charge >= 0.3 is 0 Å². The van der Waals surface area contributed by atoms with Crippen molar-refractivity contribution in [2.75, 3.05) is 7.11 Å². The van der Waals surface area contributed by atoms with E-state index in [-0.39, 0.29) is 0 Å². The van der Waals surface area contributed by atoms with E-state index in [4.69, 9.17) is 4.74 Å². The molecule has 84 valence electrons. The first kappa shape index (κ1) is 9.84. The second-order valence-corrected chi connectivity index (χ2v) is 3.68. The van der Waals surface area contributed by atoms with Crippen LogP contribution in [0.3, 0.4) is 0 Å². The van der Waals surface area contributed by atoms with Crippen LogP contribution in [0, 0.1) is 0 Å². The molecule has 0 atom stereocenters. The molecule has 0 unspecified atom stereocenters. The third kappa shape index (κ3) is 1.63. The number of benzene rings is 1. The first-order chi connectivity index (χ1) is 8.38. The first-order valence-corrected chi connectivity index (χ1v) is 5.30. The quantitative estimate of drug-likeness (QED) is 0.672. The summed E-state index contributed by atoms with van der Waals surface area (Å²) >= 11 is 0. The fraction of sp³-hybridized carbons (Fsp3) is 0.0769. The predicted octanol–water partition coefficient (Wildman–Crippen LogP) is 2.40. The second kappa shape index (κ2) is 3.90. The van der Waals surface area contributed by atoms with E-state index in [9.17, 15) is 0 Å². The van der Waals surface area contributed by atoms with Crippen LogP contribution in [0.15, 0.2) is 49.1 Å². The molecule has 0 aliphatic carbocycles. The van der Waals surface area contributed by atoms with Gasteiger partial charge in [-0.25, -0.2) is 4.98 Å². The number of nitrogens with zero attached hydrogens (tertiary/aromatic N) is 3. The minimum Gasteiger partial charge on any atom is -0.497 e. The summed E-state index contributed by atoms with van der Waals surface area (Å²) in [6, 6.07) is 7.91. The normalized spacial score (nSPS) is 10.6. The summed E-state index contributed by atoms with van der Waals surface area (Å²) in [5.74, 6) is 0.851. The van der Waals surface area contributed by atoms with E-state index >= 15 is 0 Å². The molecule has 17 heavy (non-hydrogen) atoms. The van der Waals surface area contributed by atoms with Gasteiger partial charge in [0.25, 0.3) is 0 Å². The molecule has 0 radical (unpaired) electrons. The van der Waals surface area contributed by atoms with Crippen LogP contribution < -0.4 is 4.74 Å². The molecule has 2 aromatic heterocycles. The van der Waals surface area contributed by atoms with Crippen LogP contribution in [0.25, 0.3) is 16.9 Å². The van der Waals surface area contributed by atoms with Crippen molar-refractivity contribution in [3.63, 3.8) is 0 Å². The van der Waals surface area contributed by atoms with Crippen molar-refractivity contribution in [2.24, 2.45) is 0 Å². The van der Waals surface area contributed by atoms with E-state index in [0.29, 0.717) is 0 Å². The van der Waals surface area contributed by atoms with E-state index < -0.39 is 0 Å². The zero-order valence-corrected chi connectivity index (χ0v) is 9.37. The van der Waals surface area contributed by atoms with Gasteiger partial charge in [-0.15, -0.1) is 0 Å². The molecule has 4 nitrogen and oxygen atoms in total. The lowest BCUT2D eigenvalue weighted by Crippen LogP contribution is -1.88. The van der Waals surface area contributed by atoms with E-state index in [1.165, 1.54) is 0 Å². The van der Waals surface area contributed by atoms with Gasteiger partial charge in [0.05, 0.1) is 25.2 Å². The number of hydrogen-bond acceptors (Lipinski definition) is 3. The summed E-state index contributed by atoms with van der Waals surface area (Å²) < 4.78 is 7.15. The number of imidazole rings is 1. The Balaban J connectivity index is 2.13. The van der Waals surface area contributed by atoms with E-state index in [1.807, 2.05) is 41.1 Å². The molecule has 0 saturated carbocycles. The summed E-state index contributed by atoms with van der Waals surface area (Å²) in [5, 5.41) is 0. The van der Waals surface area contributed by atoms with Crippen LogP contribution in [-0.4, -0.2) is 21.5 Å². The largest absolute Gasteiger partial charge is 0.497 e. The molecular formula is C13H11N3O. The van der Waals surface area contributed by atoms with Gasteiger partial charge in [0.1, 0.15) is 5.75 Å². The van der Waals surface area contributed by atoms with Crippen molar-refractivity contribution >= 4 is 5.65 Å². The van der Waals surface area contributed by atoms with Crippen LogP contribution in [0.5, 0.6) is 5.75 Å². The maximum Gasteiger partial charge on any atom is 0.155 e. The second-order valence-electron chi connectivity index (χ2n) is 3.68. The molecular weight excluding hydrogens is 214 g/mol. The van der Waals surface area contributed by atoms with Gasteiger partial charge in [-0.3, -0.25) is 9.38 Å². The third-order valence-electron chi connectivity index (χ3n) is 2.70. The smallest absolute Gasteiger partial charge is 0.155 e. The summed E-state index contributed by atoms with van der Waals surface area (Å²) in [7, 11) is 1.66. The number of hydrogen-bond donors (Lipinski definition) is 0. The number of methoxy groups -OCH3 is 1. The van der Waals surface area contributed by atoms with Gasteiger partial charge in [0.15, 0.2) is 5.65 Å². The standard InChI is InChI=1S/C13H11N3O/c1-17-11-4-2-10(3-5-11)12-8-15-13-9-14-6-7-16(12)13/h2-9H,1H3. The maximum absolute atomic E-state index is 5.14. The van der Waals surface area contributed by atoms with Crippen molar-refractivity contribution in [2.45, 2.75) is 0 Å². The Morgan fingerprint density at radius 2 is 1.94 bits per heavy atom. The molecule has 0 amide bonds. The van der Waals surface area contributed by atoms with Gasteiger partial charge in [0.2, 0.25) is 0 Å². The molecule has 0 bridgehead atoms. The van der Waals surface area contributed by atoms with Crippen molar-refractivity contribution < 1.29 is 4.74 Å². The summed E-state index contributed by atoms with van der Waals surface area (Å²) in [6.07, 6.45) is 7.25. The average Bonchev–Trinajstić information content (AvgIpc) is 2.83. The number of ether oxygens (including phenoxy) is 1. The molecule has 0 fully saturated rings. The molecule has 0 N–H and O–H groups in total. The molecule has 1 aromatic carbocycles. The third-order valence-corrected chi connectivity index (χ3v) is 2.70. The Morgan fingerprint density at radius 3 is 2.71 bits per heavy atom. The van der Waals surface area contributed by atoms with Gasteiger partial charge in [-0.1, -0.05) is 0 Å². The predicted molar refractivity (Wildman–Crippen MR) is 65.0 cm³/mol. The van der Waals surface area contributed by atoms with Crippen LogP contribution in [0.2, 0.25) is 0 Å².